The van der Waals surface area contributed by atoms with Crippen molar-refractivity contribution in [2.75, 3.05) is 11.9 Å². The first-order chi connectivity index (χ1) is 11.6. The molecule has 1 N–H and O–H groups in total. The lowest BCUT2D eigenvalue weighted by Crippen LogP contribution is -2.05. The van der Waals surface area contributed by atoms with E-state index in [4.69, 9.17) is 39.5 Å². The van der Waals surface area contributed by atoms with Crippen LogP contribution in [0.4, 0.5) is 5.69 Å². The Kier molecular flexibility index (Phi) is 8.04. The Labute approximate surface area is 159 Å². The van der Waals surface area contributed by atoms with E-state index < -0.39 is 0 Å². The van der Waals surface area contributed by atoms with Crippen LogP contribution in [0, 0.1) is 0 Å². The minimum absolute atomic E-state index is 0.447. The maximum Gasteiger partial charge on any atom is 0.124 e. The molecule has 0 saturated heterocycles. The van der Waals surface area contributed by atoms with Crippen molar-refractivity contribution in [3.63, 3.8) is 0 Å². The third kappa shape index (κ3) is 5.77. The molecular weight excluding hydrogens is 365 g/mol. The third-order valence-electron chi connectivity index (χ3n) is 3.71. The molecule has 0 atom stereocenters. The van der Waals surface area contributed by atoms with E-state index in [-0.39, 0.29) is 0 Å². The second-order valence-electron chi connectivity index (χ2n) is 5.62. The van der Waals surface area contributed by atoms with Crippen LogP contribution in [0.2, 0.25) is 15.1 Å². The second-order valence-corrected chi connectivity index (χ2v) is 6.84. The number of hydrogen-bond donors (Lipinski definition) is 1. The average molecular weight is 387 g/mol. The minimum atomic E-state index is 0.447. The topological polar surface area (TPSA) is 21.3 Å². The summed E-state index contributed by atoms with van der Waals surface area (Å²) in [6.45, 7) is 3.54. The molecule has 0 saturated carbocycles. The van der Waals surface area contributed by atoms with Gasteiger partial charge >= 0.3 is 0 Å². The van der Waals surface area contributed by atoms with Gasteiger partial charge in [-0.1, -0.05) is 79.2 Å². The maximum absolute atomic E-state index is 6.20. The molecule has 0 aliphatic rings. The molecule has 0 amide bonds. The molecule has 2 rings (SSSR count). The van der Waals surface area contributed by atoms with Crippen LogP contribution in [0.1, 0.15) is 38.2 Å². The lowest BCUT2D eigenvalue weighted by Gasteiger charge is -2.14. The second kappa shape index (κ2) is 10.0. The first-order valence-corrected chi connectivity index (χ1v) is 9.34. The summed E-state index contributed by atoms with van der Waals surface area (Å²) in [5, 5.41) is 4.76. The SMILES string of the molecule is CCCCCCOc1ccccc1CNc1cc(Cl)c(Cl)cc1Cl. The zero-order valence-electron chi connectivity index (χ0n) is 13.7. The van der Waals surface area contributed by atoms with Gasteiger partial charge in [-0.2, -0.15) is 0 Å². The molecule has 0 fully saturated rings. The minimum Gasteiger partial charge on any atom is -0.493 e. The van der Waals surface area contributed by atoms with E-state index in [2.05, 4.69) is 12.2 Å². The third-order valence-corrected chi connectivity index (χ3v) is 4.74. The van der Waals surface area contributed by atoms with Crippen LogP contribution in [-0.2, 0) is 6.54 Å². The number of rotatable bonds is 9. The quantitative estimate of drug-likeness (QED) is 0.363. The highest BCUT2D eigenvalue weighted by molar-refractivity contribution is 6.44. The van der Waals surface area contributed by atoms with Gasteiger partial charge in [0.2, 0.25) is 0 Å². The number of benzene rings is 2. The van der Waals surface area contributed by atoms with Gasteiger partial charge in [0.25, 0.3) is 0 Å². The molecule has 0 aliphatic heterocycles. The summed E-state index contributed by atoms with van der Waals surface area (Å²) in [6, 6.07) is 11.4. The highest BCUT2D eigenvalue weighted by Crippen LogP contribution is 2.33. The van der Waals surface area contributed by atoms with E-state index in [0.29, 0.717) is 21.6 Å². The standard InChI is InChI=1S/C19H22Cl3NO/c1-2-3-4-7-10-24-19-9-6-5-8-14(19)13-23-18-12-16(21)15(20)11-17(18)22/h5-6,8-9,11-12,23H,2-4,7,10,13H2,1H3. The molecule has 0 aromatic heterocycles. The Morgan fingerprint density at radius 2 is 1.67 bits per heavy atom. The lowest BCUT2D eigenvalue weighted by molar-refractivity contribution is 0.302. The van der Waals surface area contributed by atoms with Gasteiger partial charge in [0, 0.05) is 12.1 Å². The lowest BCUT2D eigenvalue weighted by atomic mass is 10.2. The van der Waals surface area contributed by atoms with Gasteiger partial charge in [-0.15, -0.1) is 0 Å². The smallest absolute Gasteiger partial charge is 0.124 e. The first-order valence-electron chi connectivity index (χ1n) is 8.21. The molecule has 2 aromatic carbocycles. The van der Waals surface area contributed by atoms with Crippen molar-refractivity contribution >= 4 is 40.5 Å². The Morgan fingerprint density at radius 3 is 2.46 bits per heavy atom. The predicted molar refractivity (Wildman–Crippen MR) is 105 cm³/mol. The van der Waals surface area contributed by atoms with Crippen LogP contribution < -0.4 is 10.1 Å². The van der Waals surface area contributed by atoms with E-state index in [1.807, 2.05) is 24.3 Å². The van der Waals surface area contributed by atoms with E-state index in [1.165, 1.54) is 19.3 Å². The molecule has 0 aliphatic carbocycles. The fourth-order valence-corrected chi connectivity index (χ4v) is 2.96. The van der Waals surface area contributed by atoms with Crippen molar-refractivity contribution in [2.24, 2.45) is 0 Å². The molecule has 0 radical (unpaired) electrons. The number of anilines is 1. The monoisotopic (exact) mass is 385 g/mol. The number of unbranched alkanes of at least 4 members (excludes halogenated alkanes) is 3. The fraction of sp³-hybridized carbons (Fsp3) is 0.368. The van der Waals surface area contributed by atoms with Crippen LogP contribution in [0.25, 0.3) is 0 Å². The van der Waals surface area contributed by atoms with E-state index >= 15 is 0 Å². The average Bonchev–Trinajstić information content (AvgIpc) is 2.57. The molecule has 0 heterocycles. The Hall–Kier alpha value is -1.09. The Balaban J connectivity index is 1.96. The molecule has 2 nitrogen and oxygen atoms in total. The summed E-state index contributed by atoms with van der Waals surface area (Å²) < 4.78 is 5.93. The van der Waals surface area contributed by atoms with Gasteiger partial charge in [0.1, 0.15) is 5.75 Å². The highest BCUT2D eigenvalue weighted by Gasteiger charge is 2.08. The molecule has 24 heavy (non-hydrogen) atoms. The first kappa shape index (κ1) is 19.2. The van der Waals surface area contributed by atoms with Gasteiger partial charge in [0.05, 0.1) is 27.4 Å². The van der Waals surface area contributed by atoms with Crippen LogP contribution in [0.15, 0.2) is 36.4 Å². The summed E-state index contributed by atoms with van der Waals surface area (Å²) in [5.74, 6) is 0.901. The van der Waals surface area contributed by atoms with Crippen LogP contribution in [-0.4, -0.2) is 6.61 Å². The number of nitrogens with one attached hydrogen (secondary N) is 1. The Bertz CT molecular complexity index is 661. The summed E-state index contributed by atoms with van der Waals surface area (Å²) in [6.07, 6.45) is 4.76. The molecule has 130 valence electrons. The fourth-order valence-electron chi connectivity index (χ4n) is 2.35. The van der Waals surface area contributed by atoms with Crippen molar-refractivity contribution in [2.45, 2.75) is 39.2 Å². The van der Waals surface area contributed by atoms with E-state index in [1.54, 1.807) is 12.1 Å². The summed E-state index contributed by atoms with van der Waals surface area (Å²) in [5.41, 5.74) is 1.83. The zero-order chi connectivity index (χ0) is 17.4. The zero-order valence-corrected chi connectivity index (χ0v) is 16.0. The number of para-hydroxylation sites is 1. The van der Waals surface area contributed by atoms with Crippen molar-refractivity contribution in [3.05, 3.63) is 57.0 Å². The van der Waals surface area contributed by atoms with Crippen LogP contribution in [0.5, 0.6) is 5.75 Å². The van der Waals surface area contributed by atoms with Crippen LogP contribution in [0.3, 0.4) is 0 Å². The maximum atomic E-state index is 6.20. The molecule has 0 spiro atoms. The van der Waals surface area contributed by atoms with Gasteiger partial charge in [-0.25, -0.2) is 0 Å². The summed E-state index contributed by atoms with van der Waals surface area (Å²) >= 11 is 18.2. The number of halogens is 3. The largest absolute Gasteiger partial charge is 0.493 e. The van der Waals surface area contributed by atoms with E-state index in [9.17, 15) is 0 Å². The predicted octanol–water partition coefficient (Wildman–Crippen LogP) is 7.22. The van der Waals surface area contributed by atoms with Gasteiger partial charge < -0.3 is 10.1 Å². The van der Waals surface area contributed by atoms with Crippen molar-refractivity contribution in [3.8, 4) is 5.75 Å². The number of ether oxygens (including phenoxy) is 1. The normalized spacial score (nSPS) is 10.7. The number of hydrogen-bond acceptors (Lipinski definition) is 2. The molecular formula is C19H22Cl3NO. The van der Waals surface area contributed by atoms with Gasteiger partial charge in [-0.05, 0) is 24.6 Å². The summed E-state index contributed by atoms with van der Waals surface area (Å²) in [7, 11) is 0. The highest BCUT2D eigenvalue weighted by atomic mass is 35.5. The molecule has 2 aromatic rings. The van der Waals surface area contributed by atoms with Crippen molar-refractivity contribution in [1.82, 2.24) is 0 Å². The molecule has 5 heteroatoms. The van der Waals surface area contributed by atoms with Gasteiger partial charge in [0.15, 0.2) is 0 Å². The van der Waals surface area contributed by atoms with E-state index in [0.717, 1.165) is 30.0 Å². The van der Waals surface area contributed by atoms with Crippen molar-refractivity contribution in [1.29, 1.82) is 0 Å². The summed E-state index contributed by atoms with van der Waals surface area (Å²) in [4.78, 5) is 0. The van der Waals surface area contributed by atoms with Gasteiger partial charge in [-0.3, -0.25) is 0 Å². The molecule has 0 unspecified atom stereocenters. The van der Waals surface area contributed by atoms with Crippen LogP contribution >= 0.6 is 34.8 Å². The molecule has 0 bridgehead atoms. The Morgan fingerprint density at radius 1 is 0.917 bits per heavy atom. The van der Waals surface area contributed by atoms with Crippen molar-refractivity contribution < 1.29 is 4.74 Å².